The second-order valence-corrected chi connectivity index (χ2v) is 3.28. The van der Waals surface area contributed by atoms with Crippen LogP contribution >= 0.6 is 0 Å². The first-order valence-electron chi connectivity index (χ1n) is 4.41. The lowest BCUT2D eigenvalue weighted by Gasteiger charge is -2.04. The predicted octanol–water partition coefficient (Wildman–Crippen LogP) is 1.48. The number of nitrogens with zero attached hydrogens (tertiary/aromatic N) is 2. The molecule has 7 heteroatoms. The Morgan fingerprint density at radius 2 is 1.76 bits per heavy atom. The minimum atomic E-state index is -1.32. The Morgan fingerprint density at radius 1 is 1.24 bits per heavy atom. The molecule has 0 aromatic heterocycles. The van der Waals surface area contributed by atoms with Crippen molar-refractivity contribution in [1.29, 1.82) is 0 Å². The molecule has 1 rings (SSSR count). The van der Waals surface area contributed by atoms with Crippen molar-refractivity contribution in [2.75, 3.05) is 0 Å². The molecule has 92 valence electrons. The Morgan fingerprint density at radius 3 is 2.18 bits per heavy atom. The van der Waals surface area contributed by atoms with E-state index in [0.717, 1.165) is 11.1 Å². The van der Waals surface area contributed by atoms with E-state index in [0.29, 0.717) is 0 Å². The highest BCUT2D eigenvalue weighted by Gasteiger charge is 2.14. The predicted molar refractivity (Wildman–Crippen MR) is 64.9 cm³/mol. The molecule has 0 radical (unpaired) electrons. The molecule has 0 atom stereocenters. The number of hydrogen-bond acceptors (Lipinski definition) is 4. The van der Waals surface area contributed by atoms with E-state index in [9.17, 15) is 8.92 Å². The maximum Gasteiger partial charge on any atom is 0.279 e. The lowest BCUT2D eigenvalue weighted by Crippen LogP contribution is -2.11. The van der Waals surface area contributed by atoms with Gasteiger partial charge in [0.05, 0.1) is 8.41 Å². The Balaban J connectivity index is 0.00000256. The van der Waals surface area contributed by atoms with Gasteiger partial charge in [-0.3, -0.25) is 0 Å². The topological polar surface area (TPSA) is 54.2 Å². The van der Waals surface area contributed by atoms with E-state index in [1.165, 1.54) is 0 Å². The van der Waals surface area contributed by atoms with Crippen LogP contribution in [0.15, 0.2) is 28.5 Å². The quantitative estimate of drug-likeness (QED) is 0.377. The number of rotatable bonds is 3. The monoisotopic (exact) mass is 242 g/mol. The molecule has 1 aromatic carbocycles. The summed E-state index contributed by atoms with van der Waals surface area (Å²) in [5.74, 6) is -1.32. The zero-order valence-corrected chi connectivity index (χ0v) is 8.74. The van der Waals surface area contributed by atoms with E-state index < -0.39 is 11.7 Å². The van der Waals surface area contributed by atoms with E-state index in [2.05, 4.69) is 15.4 Å². The van der Waals surface area contributed by atoms with Gasteiger partial charge in [0.2, 0.25) is 0 Å². The lowest BCUT2D eigenvalue weighted by atomic mass is 10.0. The molecule has 1 N–H and O–H groups in total. The molecule has 4 nitrogen and oxygen atoms in total. The second kappa shape index (κ2) is 6.62. The molecular formula is C10H13BF2N2O2. The largest absolute Gasteiger partial charge is 0.408 e. The molecule has 0 aliphatic carbocycles. The highest BCUT2D eigenvalue weighted by Crippen LogP contribution is 2.12. The minimum absolute atomic E-state index is 0. The summed E-state index contributed by atoms with van der Waals surface area (Å²) in [4.78, 5) is 0. The number of benzene rings is 1. The average Bonchev–Trinajstić information content (AvgIpc) is 2.23. The summed E-state index contributed by atoms with van der Waals surface area (Å²) in [5, 5.41) is 16.5. The molecule has 17 heavy (non-hydrogen) atoms. The minimum Gasteiger partial charge on any atom is -0.408 e. The van der Waals surface area contributed by atoms with Gasteiger partial charge in [-0.1, -0.05) is 22.3 Å². The van der Waals surface area contributed by atoms with E-state index in [-0.39, 0.29) is 14.0 Å². The van der Waals surface area contributed by atoms with Crippen molar-refractivity contribution < 1.29 is 19.2 Å². The summed E-state index contributed by atoms with van der Waals surface area (Å²) in [6, 6.07) is 4.98. The lowest BCUT2D eigenvalue weighted by molar-refractivity contribution is -0.130. The van der Waals surface area contributed by atoms with Crippen LogP contribution in [0.3, 0.4) is 0 Å². The zero-order chi connectivity index (χ0) is 12.1. The maximum absolute atomic E-state index is 13.1. The third kappa shape index (κ3) is 3.86. The summed E-state index contributed by atoms with van der Waals surface area (Å²) >= 11 is 0. The van der Waals surface area contributed by atoms with E-state index in [1.807, 2.05) is 6.07 Å². The fraction of sp³-hybridized carbons (Fsp3) is 0.200. The Labute approximate surface area is 99.1 Å². The number of aryl methyl sites for hydroxylation is 2. The molecule has 0 spiro atoms. The van der Waals surface area contributed by atoms with Crippen molar-refractivity contribution in [3.05, 3.63) is 34.9 Å². The molecule has 0 aliphatic rings. The van der Waals surface area contributed by atoms with E-state index in [1.54, 1.807) is 26.0 Å². The smallest absolute Gasteiger partial charge is 0.279 e. The number of halogens is 2. The van der Waals surface area contributed by atoms with Gasteiger partial charge in [0, 0.05) is 10.1 Å². The third-order valence-corrected chi connectivity index (χ3v) is 1.90. The molecule has 0 saturated carbocycles. The van der Waals surface area contributed by atoms with Crippen molar-refractivity contribution in [1.82, 2.24) is 0 Å². The highest BCUT2D eigenvalue weighted by atomic mass is 19.3. The molecule has 1 aromatic rings. The first-order valence-corrected chi connectivity index (χ1v) is 4.41. The van der Waals surface area contributed by atoms with E-state index in [4.69, 9.17) is 5.21 Å². The molecule has 0 heterocycles. The zero-order valence-electron chi connectivity index (χ0n) is 8.74. The van der Waals surface area contributed by atoms with Crippen LogP contribution < -0.4 is 0 Å². The molecule has 0 saturated heterocycles. The van der Waals surface area contributed by atoms with Crippen molar-refractivity contribution in [3.63, 3.8) is 0 Å². The van der Waals surface area contributed by atoms with Crippen LogP contribution in [0.25, 0.3) is 0 Å². The highest BCUT2D eigenvalue weighted by molar-refractivity contribution is 6.44. The Kier molecular flexibility index (Phi) is 5.88. The summed E-state index contributed by atoms with van der Waals surface area (Å²) in [6.45, 7) is 3.58. The first kappa shape index (κ1) is 15.1. The van der Waals surface area contributed by atoms with Gasteiger partial charge in [0.15, 0.2) is 5.71 Å². The van der Waals surface area contributed by atoms with Gasteiger partial charge in [0.25, 0.3) is 5.97 Å². The van der Waals surface area contributed by atoms with Gasteiger partial charge in [0.1, 0.15) is 0 Å². The van der Waals surface area contributed by atoms with Gasteiger partial charge in [-0.05, 0) is 31.1 Å². The molecule has 0 fully saturated rings. The third-order valence-electron chi connectivity index (χ3n) is 1.90. The summed E-state index contributed by atoms with van der Waals surface area (Å²) in [5.41, 5.74) is 1.45. The fourth-order valence-corrected chi connectivity index (χ4v) is 1.40. The van der Waals surface area contributed by atoms with Gasteiger partial charge in [-0.2, -0.15) is 9.43 Å². The SMILES string of the molecule is B.Cc1cc(C)cc(C(=NOF)C(F)=NO)c1. The van der Waals surface area contributed by atoms with E-state index >= 15 is 0 Å². The van der Waals surface area contributed by atoms with Crippen molar-refractivity contribution in [3.8, 4) is 0 Å². The first-order chi connectivity index (χ1) is 7.58. The molecule has 0 unspecified atom stereocenters. The molecular weight excluding hydrogens is 229 g/mol. The summed E-state index contributed by atoms with van der Waals surface area (Å²) < 4.78 is 24.7. The Hall–Kier alpha value is -1.92. The van der Waals surface area contributed by atoms with Crippen LogP contribution in [-0.2, 0) is 5.04 Å². The van der Waals surface area contributed by atoms with Crippen LogP contribution in [0, 0.1) is 13.8 Å². The van der Waals surface area contributed by atoms with Gasteiger partial charge < -0.3 is 5.21 Å². The normalized spacial score (nSPS) is 12.0. The van der Waals surface area contributed by atoms with Crippen LogP contribution in [0.5, 0.6) is 0 Å². The summed E-state index contributed by atoms with van der Waals surface area (Å²) in [6.07, 6.45) is 0. The molecule has 0 bridgehead atoms. The fourth-order valence-electron chi connectivity index (χ4n) is 1.40. The van der Waals surface area contributed by atoms with Crippen molar-refractivity contribution in [2.45, 2.75) is 13.8 Å². The second-order valence-electron chi connectivity index (χ2n) is 3.28. The van der Waals surface area contributed by atoms with Crippen LogP contribution in [0.1, 0.15) is 16.7 Å². The Bertz CT molecular complexity index is 430. The standard InChI is InChI=1S/C10H10F2N2O2.BH3/c1-6-3-7(2)5-8(4-6)9(14-16-12)10(11)13-15;/h3-5,15H,1-2H3;1H3. The van der Waals surface area contributed by atoms with Gasteiger partial charge in [-0.15, -0.1) is 0 Å². The van der Waals surface area contributed by atoms with Crippen LogP contribution in [0.2, 0.25) is 0 Å². The van der Waals surface area contributed by atoms with Crippen LogP contribution in [-0.4, -0.2) is 25.3 Å². The maximum atomic E-state index is 13.1. The number of hydrogen-bond donors (Lipinski definition) is 1. The molecule has 0 amide bonds. The van der Waals surface area contributed by atoms with Crippen molar-refractivity contribution in [2.24, 2.45) is 10.3 Å². The van der Waals surface area contributed by atoms with Crippen LogP contribution in [0.4, 0.5) is 8.92 Å². The van der Waals surface area contributed by atoms with Crippen molar-refractivity contribution >= 4 is 20.1 Å². The average molecular weight is 242 g/mol. The van der Waals surface area contributed by atoms with Gasteiger partial charge >= 0.3 is 0 Å². The number of oxime groups is 2. The summed E-state index contributed by atoms with van der Waals surface area (Å²) in [7, 11) is 0. The van der Waals surface area contributed by atoms with Gasteiger partial charge in [-0.25, -0.2) is 0 Å². The molecule has 0 aliphatic heterocycles.